The summed E-state index contributed by atoms with van der Waals surface area (Å²) in [6, 6.07) is -1.18. The molecule has 1 saturated carbocycles. The van der Waals surface area contributed by atoms with E-state index in [9.17, 15) is 22.4 Å². The molecule has 1 aromatic rings. The van der Waals surface area contributed by atoms with E-state index >= 15 is 0 Å². The van der Waals surface area contributed by atoms with Crippen LogP contribution >= 0.6 is 0 Å². The van der Waals surface area contributed by atoms with Crippen molar-refractivity contribution in [1.82, 2.24) is 0 Å². The second-order valence-electron chi connectivity index (χ2n) is 4.14. The van der Waals surface area contributed by atoms with Crippen LogP contribution in [0.15, 0.2) is 6.07 Å². The lowest BCUT2D eigenvalue weighted by Crippen LogP contribution is -2.32. The zero-order chi connectivity index (χ0) is 13.4. The Labute approximate surface area is 99.4 Å². The van der Waals surface area contributed by atoms with Crippen molar-refractivity contribution in [2.24, 2.45) is 5.92 Å². The van der Waals surface area contributed by atoms with Gasteiger partial charge in [-0.05, 0) is 18.8 Å². The molecular weight excluding hydrogens is 254 g/mol. The van der Waals surface area contributed by atoms with Crippen molar-refractivity contribution < 1.29 is 27.5 Å². The Morgan fingerprint density at radius 2 is 1.72 bits per heavy atom. The number of carboxylic acids is 1. The van der Waals surface area contributed by atoms with E-state index in [0.717, 1.165) is 0 Å². The predicted octanol–water partition coefficient (Wildman–Crippen LogP) is 2.52. The number of carbonyl (C=O) groups is 1. The van der Waals surface area contributed by atoms with Crippen LogP contribution in [0.2, 0.25) is 0 Å². The van der Waals surface area contributed by atoms with Gasteiger partial charge in [0.25, 0.3) is 0 Å². The zero-order valence-electron chi connectivity index (χ0n) is 9.01. The fourth-order valence-electron chi connectivity index (χ4n) is 1.67. The molecule has 0 aliphatic heterocycles. The molecular formula is C11H9F4NO2. The Kier molecular flexibility index (Phi) is 3.14. The predicted molar refractivity (Wildman–Crippen MR) is 54.0 cm³/mol. The van der Waals surface area contributed by atoms with E-state index in [4.69, 9.17) is 5.11 Å². The quantitative estimate of drug-likeness (QED) is 0.648. The molecule has 18 heavy (non-hydrogen) atoms. The normalized spacial score (nSPS) is 16.4. The molecule has 0 saturated heterocycles. The first kappa shape index (κ1) is 12.7. The van der Waals surface area contributed by atoms with Gasteiger partial charge in [0.15, 0.2) is 23.3 Å². The lowest BCUT2D eigenvalue weighted by molar-refractivity contribution is -0.138. The summed E-state index contributed by atoms with van der Waals surface area (Å²) in [7, 11) is 0. The highest BCUT2D eigenvalue weighted by Crippen LogP contribution is 2.35. The van der Waals surface area contributed by atoms with Gasteiger partial charge in [-0.15, -0.1) is 0 Å². The number of anilines is 1. The van der Waals surface area contributed by atoms with Crippen molar-refractivity contribution in [3.63, 3.8) is 0 Å². The highest BCUT2D eigenvalue weighted by Gasteiger charge is 2.37. The minimum Gasteiger partial charge on any atom is -0.480 e. The third kappa shape index (κ3) is 2.25. The topological polar surface area (TPSA) is 49.3 Å². The maximum Gasteiger partial charge on any atom is 0.326 e. The molecule has 0 aromatic heterocycles. The van der Waals surface area contributed by atoms with Crippen molar-refractivity contribution in [3.8, 4) is 0 Å². The van der Waals surface area contributed by atoms with E-state index in [0.29, 0.717) is 12.8 Å². The van der Waals surface area contributed by atoms with Gasteiger partial charge in [0.05, 0.1) is 0 Å². The average molecular weight is 263 g/mol. The van der Waals surface area contributed by atoms with Crippen LogP contribution < -0.4 is 5.32 Å². The molecule has 1 aliphatic rings. The molecule has 1 aromatic carbocycles. The lowest BCUT2D eigenvalue weighted by atomic mass is 10.1. The number of rotatable bonds is 4. The summed E-state index contributed by atoms with van der Waals surface area (Å²) in [5.74, 6) is -8.00. The van der Waals surface area contributed by atoms with Crippen LogP contribution in [0.3, 0.4) is 0 Å². The van der Waals surface area contributed by atoms with Gasteiger partial charge in [-0.2, -0.15) is 0 Å². The fraction of sp³-hybridized carbons (Fsp3) is 0.364. The molecule has 1 fully saturated rings. The van der Waals surface area contributed by atoms with E-state index in [1.54, 1.807) is 0 Å². The maximum absolute atomic E-state index is 13.3. The Hall–Kier alpha value is -1.79. The van der Waals surface area contributed by atoms with Crippen LogP contribution in [0.5, 0.6) is 0 Å². The first-order chi connectivity index (χ1) is 8.41. The van der Waals surface area contributed by atoms with Crippen molar-refractivity contribution >= 4 is 11.7 Å². The largest absolute Gasteiger partial charge is 0.480 e. The van der Waals surface area contributed by atoms with Crippen molar-refractivity contribution in [2.45, 2.75) is 18.9 Å². The molecule has 1 atom stereocenters. The number of benzene rings is 1. The number of nitrogens with one attached hydrogen (secondary N) is 1. The van der Waals surface area contributed by atoms with Gasteiger partial charge in [-0.3, -0.25) is 0 Å². The second-order valence-corrected chi connectivity index (χ2v) is 4.14. The van der Waals surface area contributed by atoms with E-state index < -0.39 is 41.0 Å². The molecule has 0 spiro atoms. The molecule has 2 N–H and O–H groups in total. The monoisotopic (exact) mass is 263 g/mol. The van der Waals surface area contributed by atoms with Gasteiger partial charge >= 0.3 is 5.97 Å². The summed E-state index contributed by atoms with van der Waals surface area (Å²) in [5.41, 5.74) is -1.08. The van der Waals surface area contributed by atoms with Crippen molar-refractivity contribution in [1.29, 1.82) is 0 Å². The van der Waals surface area contributed by atoms with Gasteiger partial charge in [0, 0.05) is 6.07 Å². The highest BCUT2D eigenvalue weighted by molar-refractivity contribution is 5.78. The summed E-state index contributed by atoms with van der Waals surface area (Å²) in [4.78, 5) is 10.9. The molecule has 0 amide bonds. The Bertz CT molecular complexity index is 476. The molecule has 1 unspecified atom stereocenters. The summed E-state index contributed by atoms with van der Waals surface area (Å²) in [6.07, 6.45) is 1.18. The van der Waals surface area contributed by atoms with Crippen LogP contribution in [0, 0.1) is 29.2 Å². The van der Waals surface area contributed by atoms with E-state index in [1.165, 1.54) is 0 Å². The first-order valence-electron chi connectivity index (χ1n) is 5.24. The third-order valence-corrected chi connectivity index (χ3v) is 2.77. The molecule has 98 valence electrons. The Balaban J connectivity index is 2.35. The molecule has 2 rings (SSSR count). The Morgan fingerprint density at radius 1 is 1.22 bits per heavy atom. The van der Waals surface area contributed by atoms with Crippen molar-refractivity contribution in [3.05, 3.63) is 29.3 Å². The maximum atomic E-state index is 13.3. The van der Waals surface area contributed by atoms with E-state index in [2.05, 4.69) is 0 Å². The van der Waals surface area contributed by atoms with Gasteiger partial charge in [-0.1, -0.05) is 0 Å². The van der Waals surface area contributed by atoms with Crippen molar-refractivity contribution in [2.75, 3.05) is 5.32 Å². The van der Waals surface area contributed by atoms with Crippen LogP contribution in [-0.2, 0) is 4.79 Å². The lowest BCUT2D eigenvalue weighted by Gasteiger charge is -2.16. The summed E-state index contributed by atoms with van der Waals surface area (Å²) in [6.45, 7) is 0. The summed E-state index contributed by atoms with van der Waals surface area (Å²) < 4.78 is 52.5. The number of hydrogen-bond donors (Lipinski definition) is 2. The third-order valence-electron chi connectivity index (χ3n) is 2.77. The van der Waals surface area contributed by atoms with Crippen LogP contribution in [-0.4, -0.2) is 17.1 Å². The summed E-state index contributed by atoms with van der Waals surface area (Å²) in [5, 5.41) is 10.9. The number of halogens is 4. The Morgan fingerprint density at radius 3 is 2.11 bits per heavy atom. The average Bonchev–Trinajstić information content (AvgIpc) is 3.10. The molecule has 0 bridgehead atoms. The van der Waals surface area contributed by atoms with Gasteiger partial charge < -0.3 is 10.4 Å². The second kappa shape index (κ2) is 4.47. The number of carboxylic acid groups (broad SMARTS) is 1. The molecule has 0 radical (unpaired) electrons. The fourth-order valence-corrected chi connectivity index (χ4v) is 1.67. The smallest absolute Gasteiger partial charge is 0.326 e. The van der Waals surface area contributed by atoms with Gasteiger partial charge in [-0.25, -0.2) is 22.4 Å². The van der Waals surface area contributed by atoms with Gasteiger partial charge in [0.2, 0.25) is 0 Å². The minimum atomic E-state index is -1.62. The van der Waals surface area contributed by atoms with Crippen LogP contribution in [0.1, 0.15) is 12.8 Å². The first-order valence-corrected chi connectivity index (χ1v) is 5.24. The highest BCUT2D eigenvalue weighted by atomic mass is 19.2. The molecule has 1 aliphatic carbocycles. The zero-order valence-corrected chi connectivity index (χ0v) is 9.01. The number of aliphatic carboxylic acids is 1. The van der Waals surface area contributed by atoms with Gasteiger partial charge in [0.1, 0.15) is 11.7 Å². The molecule has 0 heterocycles. The summed E-state index contributed by atoms with van der Waals surface area (Å²) >= 11 is 0. The molecule has 3 nitrogen and oxygen atoms in total. The minimum absolute atomic E-state index is 0.0722. The van der Waals surface area contributed by atoms with Crippen LogP contribution in [0.4, 0.5) is 23.2 Å². The number of hydrogen-bond acceptors (Lipinski definition) is 2. The SMILES string of the molecule is O=C(O)C(Nc1c(F)c(F)cc(F)c1F)C1CC1. The molecule has 7 heteroatoms. The van der Waals surface area contributed by atoms with E-state index in [1.807, 2.05) is 5.32 Å². The van der Waals surface area contributed by atoms with Crippen LogP contribution in [0.25, 0.3) is 0 Å². The standard InChI is InChI=1S/C11H9F4NO2/c12-5-3-6(13)8(15)10(7(5)14)16-9(11(17)18)4-1-2-4/h3-4,9,16H,1-2H2,(H,17,18). The van der Waals surface area contributed by atoms with E-state index in [-0.39, 0.29) is 12.0 Å².